The lowest BCUT2D eigenvalue weighted by molar-refractivity contribution is -0.118. The van der Waals surface area contributed by atoms with Crippen LogP contribution >= 0.6 is 0 Å². The molecule has 6 nitrogen and oxygen atoms in total. The lowest BCUT2D eigenvalue weighted by atomic mass is 10.0. The van der Waals surface area contributed by atoms with Gasteiger partial charge in [-0.15, -0.1) is 5.10 Å². The number of hydrogen-bond acceptors (Lipinski definition) is 4. The van der Waals surface area contributed by atoms with E-state index in [4.69, 9.17) is 4.74 Å². The van der Waals surface area contributed by atoms with E-state index in [1.807, 2.05) is 19.9 Å². The number of carbonyl (C=O) groups excluding carboxylic acids is 1. The van der Waals surface area contributed by atoms with Crippen LogP contribution in [0.15, 0.2) is 48.5 Å². The molecule has 1 amide bonds. The molecule has 0 fully saturated rings. The summed E-state index contributed by atoms with van der Waals surface area (Å²) < 4.78 is 35.5. The minimum atomic E-state index is -0.869. The number of aromatic nitrogens is 3. The quantitative estimate of drug-likeness (QED) is 0.512. The second-order valence-corrected chi connectivity index (χ2v) is 7.22. The van der Waals surface area contributed by atoms with Crippen molar-refractivity contribution in [3.63, 3.8) is 0 Å². The van der Waals surface area contributed by atoms with Gasteiger partial charge in [0.1, 0.15) is 11.6 Å². The Balaban J connectivity index is 1.58. The zero-order chi connectivity index (χ0) is 22.1. The van der Waals surface area contributed by atoms with Crippen LogP contribution in [-0.4, -0.2) is 27.3 Å². The summed E-state index contributed by atoms with van der Waals surface area (Å²) in [5.41, 5.74) is 3.11. The molecular weight excluding hydrogens is 402 g/mol. The van der Waals surface area contributed by atoms with Gasteiger partial charge in [-0.05, 0) is 37.1 Å². The first-order valence-electron chi connectivity index (χ1n) is 9.61. The number of benzene rings is 2. The second-order valence-electron chi connectivity index (χ2n) is 7.22. The zero-order valence-electron chi connectivity index (χ0n) is 17.2. The molecule has 0 radical (unpaired) electrons. The molecular formula is C23H20F2N4O2. The van der Waals surface area contributed by atoms with Crippen LogP contribution in [0.25, 0.3) is 22.2 Å². The first kappa shape index (κ1) is 20.5. The molecule has 4 aromatic rings. The Morgan fingerprint density at radius 1 is 1.13 bits per heavy atom. The van der Waals surface area contributed by atoms with E-state index in [0.29, 0.717) is 16.6 Å². The Labute approximate surface area is 177 Å². The third-order valence-corrected chi connectivity index (χ3v) is 4.83. The Kier molecular flexibility index (Phi) is 5.37. The number of anilines is 1. The Hall–Kier alpha value is -3.81. The van der Waals surface area contributed by atoms with Crippen molar-refractivity contribution >= 4 is 22.6 Å². The van der Waals surface area contributed by atoms with E-state index in [0.717, 1.165) is 17.3 Å². The molecule has 0 aliphatic heterocycles. The number of ether oxygens (including phenoxy) is 1. The normalized spacial score (nSPS) is 11.0. The van der Waals surface area contributed by atoms with Crippen molar-refractivity contribution in [2.75, 3.05) is 11.9 Å². The van der Waals surface area contributed by atoms with E-state index in [1.54, 1.807) is 42.1 Å². The summed E-state index contributed by atoms with van der Waals surface area (Å²) in [5.74, 6) is -1.94. The largest absolute Gasteiger partial charge is 0.466 e. The highest BCUT2D eigenvalue weighted by molar-refractivity contribution is 5.97. The van der Waals surface area contributed by atoms with Crippen LogP contribution in [0.1, 0.15) is 11.3 Å². The summed E-state index contributed by atoms with van der Waals surface area (Å²) >= 11 is 0. The van der Waals surface area contributed by atoms with Gasteiger partial charge in [0, 0.05) is 24.4 Å². The van der Waals surface area contributed by atoms with Gasteiger partial charge in [0.2, 0.25) is 5.88 Å². The monoisotopic (exact) mass is 422 g/mol. The number of halogens is 2. The maximum atomic E-state index is 14.5. The van der Waals surface area contributed by atoms with Gasteiger partial charge in [-0.2, -0.15) is 0 Å². The number of aryl methyl sites for hydroxylation is 3. The van der Waals surface area contributed by atoms with Gasteiger partial charge in [-0.3, -0.25) is 4.79 Å². The summed E-state index contributed by atoms with van der Waals surface area (Å²) in [6.07, 6.45) is 0. The molecule has 158 valence electrons. The molecule has 2 aromatic carbocycles. The molecule has 0 spiro atoms. The molecule has 0 saturated heterocycles. The predicted octanol–water partition coefficient (Wildman–Crippen LogP) is 4.55. The summed E-state index contributed by atoms with van der Waals surface area (Å²) in [6, 6.07) is 12.5. The number of nitrogens with zero attached hydrogens (tertiary/aromatic N) is 3. The predicted molar refractivity (Wildman–Crippen MR) is 114 cm³/mol. The fourth-order valence-electron chi connectivity index (χ4n) is 3.51. The molecule has 1 N–H and O–H groups in total. The second kappa shape index (κ2) is 8.14. The third kappa shape index (κ3) is 4.09. The Morgan fingerprint density at radius 3 is 2.61 bits per heavy atom. The average Bonchev–Trinajstić information content (AvgIpc) is 3.04. The first-order valence-corrected chi connectivity index (χ1v) is 9.61. The topological polar surface area (TPSA) is 69.0 Å². The van der Waals surface area contributed by atoms with Gasteiger partial charge in [-0.25, -0.2) is 18.4 Å². The minimum Gasteiger partial charge on any atom is -0.466 e. The fraction of sp³-hybridized carbons (Fsp3) is 0.174. The number of amides is 1. The van der Waals surface area contributed by atoms with Gasteiger partial charge in [0.15, 0.2) is 12.3 Å². The zero-order valence-corrected chi connectivity index (χ0v) is 17.2. The van der Waals surface area contributed by atoms with E-state index in [-0.39, 0.29) is 17.1 Å². The van der Waals surface area contributed by atoms with Crippen molar-refractivity contribution < 1.29 is 18.3 Å². The molecule has 0 aliphatic rings. The molecule has 0 unspecified atom stereocenters. The molecule has 2 aromatic heterocycles. The summed E-state index contributed by atoms with van der Waals surface area (Å²) in [7, 11) is 1.74. The van der Waals surface area contributed by atoms with Gasteiger partial charge in [0.05, 0.1) is 11.1 Å². The third-order valence-electron chi connectivity index (χ3n) is 4.83. The smallest absolute Gasteiger partial charge is 0.262 e. The van der Waals surface area contributed by atoms with Crippen LogP contribution in [-0.2, 0) is 11.8 Å². The highest BCUT2D eigenvalue weighted by Crippen LogP contribution is 2.32. The highest BCUT2D eigenvalue weighted by Gasteiger charge is 2.18. The molecule has 2 heterocycles. The van der Waals surface area contributed by atoms with Crippen LogP contribution in [0, 0.1) is 25.5 Å². The number of rotatable bonds is 5. The van der Waals surface area contributed by atoms with E-state index in [2.05, 4.69) is 15.4 Å². The molecule has 0 aliphatic carbocycles. The van der Waals surface area contributed by atoms with Gasteiger partial charge < -0.3 is 10.1 Å². The maximum Gasteiger partial charge on any atom is 0.262 e. The van der Waals surface area contributed by atoms with Gasteiger partial charge in [-0.1, -0.05) is 30.3 Å². The first-order chi connectivity index (χ1) is 14.8. The van der Waals surface area contributed by atoms with Crippen molar-refractivity contribution in [3.05, 3.63) is 71.4 Å². The van der Waals surface area contributed by atoms with Crippen molar-refractivity contribution in [2.45, 2.75) is 13.8 Å². The van der Waals surface area contributed by atoms with Gasteiger partial charge in [0.25, 0.3) is 5.91 Å². The van der Waals surface area contributed by atoms with Crippen LogP contribution in [0.5, 0.6) is 5.88 Å². The van der Waals surface area contributed by atoms with Crippen molar-refractivity contribution in [1.29, 1.82) is 0 Å². The van der Waals surface area contributed by atoms with Crippen molar-refractivity contribution in [1.82, 2.24) is 14.8 Å². The minimum absolute atomic E-state index is 0.111. The molecule has 0 saturated carbocycles. The molecule has 8 heteroatoms. The van der Waals surface area contributed by atoms with Gasteiger partial charge >= 0.3 is 0 Å². The van der Waals surface area contributed by atoms with Crippen LogP contribution in [0.3, 0.4) is 0 Å². The summed E-state index contributed by atoms with van der Waals surface area (Å²) in [4.78, 5) is 17.0. The maximum absolute atomic E-state index is 14.5. The molecule has 4 rings (SSSR count). The Morgan fingerprint density at radius 2 is 1.87 bits per heavy atom. The SMILES string of the molecule is Cc1cc(C)c2c(OCC(=O)Nc3c(F)cc(F)cc3-c3ccccc3)nn(C)c2n1. The number of nitrogens with one attached hydrogen (secondary N) is 1. The van der Waals surface area contributed by atoms with Crippen molar-refractivity contribution in [3.8, 4) is 17.0 Å². The lowest BCUT2D eigenvalue weighted by Gasteiger charge is -2.13. The number of carbonyl (C=O) groups is 1. The standard InChI is InChI=1S/C23H20F2N4O2/c1-13-9-14(2)26-22-20(13)23(28-29(22)3)31-12-19(30)27-21-17(10-16(24)11-18(21)25)15-7-5-4-6-8-15/h4-11H,12H2,1-3H3,(H,27,30). The molecule has 0 atom stereocenters. The van der Waals surface area contributed by atoms with Crippen LogP contribution in [0.2, 0.25) is 0 Å². The van der Waals surface area contributed by atoms with E-state index in [9.17, 15) is 13.6 Å². The van der Waals surface area contributed by atoms with Crippen LogP contribution < -0.4 is 10.1 Å². The summed E-state index contributed by atoms with van der Waals surface area (Å²) in [6.45, 7) is 3.39. The van der Waals surface area contributed by atoms with E-state index in [1.165, 1.54) is 6.07 Å². The Bertz CT molecular complexity index is 1290. The average molecular weight is 422 g/mol. The highest BCUT2D eigenvalue weighted by atomic mass is 19.1. The molecule has 31 heavy (non-hydrogen) atoms. The lowest BCUT2D eigenvalue weighted by Crippen LogP contribution is -2.21. The molecule has 0 bridgehead atoms. The fourth-order valence-corrected chi connectivity index (χ4v) is 3.51. The van der Waals surface area contributed by atoms with Crippen molar-refractivity contribution in [2.24, 2.45) is 7.05 Å². The van der Waals surface area contributed by atoms with E-state index < -0.39 is 24.1 Å². The number of hydrogen-bond donors (Lipinski definition) is 1. The number of fused-ring (bicyclic) bond motifs is 1. The van der Waals surface area contributed by atoms with E-state index >= 15 is 0 Å². The number of pyridine rings is 1. The van der Waals surface area contributed by atoms with Crippen LogP contribution in [0.4, 0.5) is 14.5 Å². The summed E-state index contributed by atoms with van der Waals surface area (Å²) in [5, 5.41) is 7.50.